The molecule has 28 heavy (non-hydrogen) atoms. The number of rotatable bonds is 4. The summed E-state index contributed by atoms with van der Waals surface area (Å²) in [7, 11) is 0. The van der Waals surface area contributed by atoms with E-state index in [0.717, 1.165) is 28.0 Å². The van der Waals surface area contributed by atoms with Crippen molar-refractivity contribution in [1.29, 1.82) is 0 Å². The Kier molecular flexibility index (Phi) is 5.51. The summed E-state index contributed by atoms with van der Waals surface area (Å²) in [5.74, 6) is 1.93. The van der Waals surface area contributed by atoms with Crippen LogP contribution in [0.15, 0.2) is 51.7 Å². The summed E-state index contributed by atoms with van der Waals surface area (Å²) in [6.45, 7) is 3.91. The van der Waals surface area contributed by atoms with Crippen LogP contribution in [0, 0.1) is 13.8 Å². The molecule has 1 fully saturated rings. The van der Waals surface area contributed by atoms with Gasteiger partial charge in [0.2, 0.25) is 0 Å². The number of benzene rings is 2. The highest BCUT2D eigenvalue weighted by Crippen LogP contribution is 2.45. The second-order valence-electron chi connectivity index (χ2n) is 6.75. The number of esters is 1. The van der Waals surface area contributed by atoms with Gasteiger partial charge in [-0.3, -0.25) is 0 Å². The molecule has 4 rings (SSSR count). The molecule has 0 bridgehead atoms. The van der Waals surface area contributed by atoms with Gasteiger partial charge >= 0.3 is 11.6 Å². The van der Waals surface area contributed by atoms with E-state index in [1.807, 2.05) is 73.8 Å². The Bertz CT molecular complexity index is 1080. The van der Waals surface area contributed by atoms with Crippen molar-refractivity contribution in [2.24, 2.45) is 0 Å². The minimum Gasteiger partial charge on any atom is -0.457 e. The minimum atomic E-state index is -0.442. The molecular formula is C22H20O4S2. The third-order valence-corrected chi connectivity index (χ3v) is 8.02. The zero-order valence-electron chi connectivity index (χ0n) is 15.7. The predicted octanol–water partition coefficient (Wildman–Crippen LogP) is 5.25. The first kappa shape index (κ1) is 19.2. The monoisotopic (exact) mass is 412 g/mol. The van der Waals surface area contributed by atoms with Crippen molar-refractivity contribution in [3.05, 3.63) is 80.7 Å². The van der Waals surface area contributed by atoms with Crippen LogP contribution in [-0.2, 0) is 11.3 Å². The number of fused-ring (bicyclic) bond motifs is 1. The Labute approximate surface area is 171 Å². The van der Waals surface area contributed by atoms with Gasteiger partial charge in [0.25, 0.3) is 0 Å². The molecule has 3 aromatic rings. The molecule has 1 aromatic heterocycles. The van der Waals surface area contributed by atoms with Crippen molar-refractivity contribution in [3.8, 4) is 0 Å². The zero-order valence-corrected chi connectivity index (χ0v) is 17.3. The molecule has 2 heterocycles. The first-order chi connectivity index (χ1) is 13.5. The van der Waals surface area contributed by atoms with Gasteiger partial charge in [0.15, 0.2) is 0 Å². The van der Waals surface area contributed by atoms with E-state index in [9.17, 15) is 9.59 Å². The third-order valence-electron chi connectivity index (χ3n) is 4.92. The molecule has 1 saturated heterocycles. The van der Waals surface area contributed by atoms with Crippen molar-refractivity contribution in [2.75, 3.05) is 11.5 Å². The van der Waals surface area contributed by atoms with Crippen LogP contribution in [0.25, 0.3) is 11.0 Å². The van der Waals surface area contributed by atoms with E-state index in [4.69, 9.17) is 9.15 Å². The topological polar surface area (TPSA) is 56.5 Å². The van der Waals surface area contributed by atoms with Gasteiger partial charge in [0.05, 0.1) is 10.1 Å². The van der Waals surface area contributed by atoms with E-state index in [1.165, 1.54) is 11.6 Å². The molecule has 0 aliphatic carbocycles. The smallest absolute Gasteiger partial charge is 0.338 e. The van der Waals surface area contributed by atoms with Crippen molar-refractivity contribution in [3.63, 3.8) is 0 Å². The van der Waals surface area contributed by atoms with Crippen LogP contribution in [-0.4, -0.2) is 17.5 Å². The second-order valence-corrected chi connectivity index (χ2v) is 9.47. The molecular weight excluding hydrogens is 392 g/mol. The molecule has 0 radical (unpaired) electrons. The quantitative estimate of drug-likeness (QED) is 0.431. The third kappa shape index (κ3) is 3.84. The first-order valence-electron chi connectivity index (χ1n) is 9.06. The fourth-order valence-electron chi connectivity index (χ4n) is 3.20. The average molecular weight is 413 g/mol. The molecule has 4 nitrogen and oxygen atoms in total. The van der Waals surface area contributed by atoms with Crippen LogP contribution in [0.2, 0.25) is 0 Å². The number of hydrogen-bond acceptors (Lipinski definition) is 6. The molecule has 0 atom stereocenters. The highest BCUT2D eigenvalue weighted by Gasteiger charge is 2.19. The lowest BCUT2D eigenvalue weighted by Crippen LogP contribution is -2.08. The Hall–Kier alpha value is -2.18. The Morgan fingerprint density at radius 3 is 2.54 bits per heavy atom. The zero-order chi connectivity index (χ0) is 19.7. The molecule has 2 aromatic carbocycles. The lowest BCUT2D eigenvalue weighted by atomic mass is 10.0. The highest BCUT2D eigenvalue weighted by molar-refractivity contribution is 8.19. The SMILES string of the molecule is Cc1ccc2c(COC(=O)c3ccc(C4SCCS4)cc3)cc(=O)oc2c1C. The van der Waals surface area contributed by atoms with Gasteiger partial charge in [0, 0.05) is 28.5 Å². The van der Waals surface area contributed by atoms with Crippen LogP contribution < -0.4 is 5.63 Å². The Balaban J connectivity index is 1.52. The maximum atomic E-state index is 12.5. The lowest BCUT2D eigenvalue weighted by molar-refractivity contribution is 0.0474. The number of carbonyl (C=O) groups excluding carboxylic acids is 1. The van der Waals surface area contributed by atoms with Crippen LogP contribution in [0.4, 0.5) is 0 Å². The maximum absolute atomic E-state index is 12.5. The molecule has 0 unspecified atom stereocenters. The van der Waals surface area contributed by atoms with Crippen LogP contribution >= 0.6 is 23.5 Å². The summed E-state index contributed by atoms with van der Waals surface area (Å²) in [6, 6.07) is 12.9. The van der Waals surface area contributed by atoms with Crippen LogP contribution in [0.3, 0.4) is 0 Å². The van der Waals surface area contributed by atoms with Crippen LogP contribution in [0.1, 0.15) is 37.2 Å². The predicted molar refractivity (Wildman–Crippen MR) is 115 cm³/mol. The van der Waals surface area contributed by atoms with Gasteiger partial charge in [-0.1, -0.05) is 24.3 Å². The van der Waals surface area contributed by atoms with E-state index < -0.39 is 11.6 Å². The first-order valence-corrected chi connectivity index (χ1v) is 11.2. The largest absolute Gasteiger partial charge is 0.457 e. The maximum Gasteiger partial charge on any atom is 0.338 e. The van der Waals surface area contributed by atoms with Crippen molar-refractivity contribution in [2.45, 2.75) is 25.0 Å². The number of aryl methyl sites for hydroxylation is 2. The lowest BCUT2D eigenvalue weighted by Gasteiger charge is -2.11. The molecule has 0 amide bonds. The summed E-state index contributed by atoms with van der Waals surface area (Å²) in [4.78, 5) is 24.4. The number of ether oxygens (including phenoxy) is 1. The number of carbonyl (C=O) groups is 1. The Morgan fingerprint density at radius 2 is 1.82 bits per heavy atom. The van der Waals surface area contributed by atoms with Gasteiger partial charge in [0.1, 0.15) is 12.2 Å². The highest BCUT2D eigenvalue weighted by atomic mass is 32.2. The summed E-state index contributed by atoms with van der Waals surface area (Å²) in [6.07, 6.45) is 0. The van der Waals surface area contributed by atoms with Gasteiger partial charge in [-0.2, -0.15) is 0 Å². The average Bonchev–Trinajstić information content (AvgIpc) is 3.24. The molecule has 144 valence electrons. The summed E-state index contributed by atoms with van der Waals surface area (Å²) < 4.78 is 11.3. The molecule has 0 saturated carbocycles. The summed E-state index contributed by atoms with van der Waals surface area (Å²) >= 11 is 3.86. The second kappa shape index (κ2) is 8.05. The molecule has 6 heteroatoms. The fraction of sp³-hybridized carbons (Fsp3) is 0.273. The van der Waals surface area contributed by atoms with Gasteiger partial charge < -0.3 is 9.15 Å². The summed E-state index contributed by atoms with van der Waals surface area (Å²) in [5.41, 5.74) is 4.46. The number of thioether (sulfide) groups is 2. The molecule has 0 N–H and O–H groups in total. The fourth-order valence-corrected chi connectivity index (χ4v) is 6.06. The standard InChI is InChI=1S/C22H20O4S2/c1-13-3-8-18-17(11-19(23)26-20(18)14(13)2)12-25-21(24)15-4-6-16(7-5-15)22-27-9-10-28-22/h3-8,11,22H,9-10,12H2,1-2H3. The minimum absolute atomic E-state index is 0.0273. The van der Waals surface area contributed by atoms with Crippen molar-refractivity contribution in [1.82, 2.24) is 0 Å². The van der Waals surface area contributed by atoms with Gasteiger partial charge in [-0.05, 0) is 42.7 Å². The van der Waals surface area contributed by atoms with E-state index in [-0.39, 0.29) is 6.61 Å². The van der Waals surface area contributed by atoms with E-state index in [0.29, 0.717) is 21.3 Å². The van der Waals surface area contributed by atoms with Gasteiger partial charge in [-0.25, -0.2) is 9.59 Å². The molecule has 1 aliphatic rings. The Morgan fingerprint density at radius 1 is 1.11 bits per heavy atom. The van der Waals surface area contributed by atoms with E-state index >= 15 is 0 Å². The van der Waals surface area contributed by atoms with Crippen molar-refractivity contribution >= 4 is 40.5 Å². The van der Waals surface area contributed by atoms with Gasteiger partial charge in [-0.15, -0.1) is 23.5 Å². The normalized spacial score (nSPS) is 14.5. The van der Waals surface area contributed by atoms with E-state index in [2.05, 4.69) is 0 Å². The molecule has 0 spiro atoms. The van der Waals surface area contributed by atoms with Crippen LogP contribution in [0.5, 0.6) is 0 Å². The number of hydrogen-bond donors (Lipinski definition) is 0. The van der Waals surface area contributed by atoms with Crippen molar-refractivity contribution < 1.29 is 13.9 Å². The van der Waals surface area contributed by atoms with E-state index in [1.54, 1.807) is 0 Å². The molecule has 1 aliphatic heterocycles. The summed E-state index contributed by atoms with van der Waals surface area (Å²) in [5, 5.41) is 0.793.